The molecule has 1 saturated heterocycles. The Bertz CT molecular complexity index is 738. The van der Waals surface area contributed by atoms with Crippen LogP contribution >= 0.6 is 0 Å². The van der Waals surface area contributed by atoms with E-state index in [4.69, 9.17) is 23.7 Å². The van der Waals surface area contributed by atoms with Crippen LogP contribution in [0.3, 0.4) is 0 Å². The quantitative estimate of drug-likeness (QED) is 0.223. The van der Waals surface area contributed by atoms with Crippen LogP contribution in [0.2, 0.25) is 4.82 Å². The molecule has 1 aliphatic heterocycles. The summed E-state index contributed by atoms with van der Waals surface area (Å²) in [7, 11) is 0. The number of hydrogen-bond donors (Lipinski definition) is 0. The maximum absolute atomic E-state index is 11.9. The van der Waals surface area contributed by atoms with Crippen molar-refractivity contribution in [3.05, 3.63) is 43.0 Å². The summed E-state index contributed by atoms with van der Waals surface area (Å²) >= 11 is -0.252. The minimum atomic E-state index is -0.954. The second-order valence-corrected chi connectivity index (χ2v) is 9.14. The van der Waals surface area contributed by atoms with Crippen LogP contribution in [0.15, 0.2) is 43.0 Å². The van der Waals surface area contributed by atoms with Crippen molar-refractivity contribution in [1.82, 2.24) is 0 Å². The normalized spacial score (nSPS) is 25.8. The van der Waals surface area contributed by atoms with E-state index in [1.54, 1.807) is 6.08 Å². The standard InChI is InChI=1S/C21H26O8Se/c1-5-11-25-21-20(30-16-9-7-6-8-10-16)19(28-15(4)24)18(27-14(3)23)17(29-21)12-26-13(2)22/h5-10,17-21H,1,11-12H2,2-4H3/t17-,18-,19+,20+,21+/m1/s1. The molecular weight excluding hydrogens is 459 g/mol. The second-order valence-electron chi connectivity index (χ2n) is 6.51. The Labute approximate surface area is 182 Å². The third kappa shape index (κ3) is 7.25. The van der Waals surface area contributed by atoms with Crippen LogP contribution < -0.4 is 4.46 Å². The van der Waals surface area contributed by atoms with Crippen molar-refractivity contribution in [3.8, 4) is 0 Å². The van der Waals surface area contributed by atoms with E-state index >= 15 is 0 Å². The van der Waals surface area contributed by atoms with Gasteiger partial charge >= 0.3 is 182 Å². The van der Waals surface area contributed by atoms with E-state index in [-0.39, 0.29) is 28.2 Å². The van der Waals surface area contributed by atoms with Gasteiger partial charge in [0.2, 0.25) is 0 Å². The molecule has 1 aromatic carbocycles. The van der Waals surface area contributed by atoms with Gasteiger partial charge in [0.05, 0.1) is 0 Å². The predicted molar refractivity (Wildman–Crippen MR) is 108 cm³/mol. The van der Waals surface area contributed by atoms with E-state index in [9.17, 15) is 14.4 Å². The van der Waals surface area contributed by atoms with Gasteiger partial charge in [-0.1, -0.05) is 0 Å². The number of carbonyl (C=O) groups is 3. The Kier molecular flexibility index (Phi) is 9.52. The Hall–Kier alpha value is -2.19. The number of carbonyl (C=O) groups excluding carboxylic acids is 3. The molecule has 0 radical (unpaired) electrons. The molecule has 1 fully saturated rings. The average molecular weight is 485 g/mol. The second kappa shape index (κ2) is 11.9. The molecule has 8 nitrogen and oxygen atoms in total. The number of esters is 3. The molecule has 0 spiro atoms. The molecule has 0 N–H and O–H groups in total. The molecular formula is C21H26O8Se. The number of benzene rings is 1. The van der Waals surface area contributed by atoms with Crippen molar-refractivity contribution >= 4 is 37.3 Å². The first-order valence-corrected chi connectivity index (χ1v) is 11.2. The van der Waals surface area contributed by atoms with Gasteiger partial charge in [-0.25, -0.2) is 0 Å². The van der Waals surface area contributed by atoms with Gasteiger partial charge in [0.1, 0.15) is 0 Å². The fraction of sp³-hybridized carbons (Fsp3) is 0.476. The fourth-order valence-electron chi connectivity index (χ4n) is 2.95. The molecule has 0 bridgehead atoms. The molecule has 1 heterocycles. The number of ether oxygens (including phenoxy) is 5. The Balaban J connectivity index is 2.40. The van der Waals surface area contributed by atoms with Gasteiger partial charge in [0, 0.05) is 0 Å². The first-order valence-electron chi connectivity index (χ1n) is 9.39. The average Bonchev–Trinajstić information content (AvgIpc) is 2.68. The van der Waals surface area contributed by atoms with Gasteiger partial charge in [0.25, 0.3) is 0 Å². The summed E-state index contributed by atoms with van der Waals surface area (Å²) < 4.78 is 29.1. The minimum absolute atomic E-state index is 0.177. The van der Waals surface area contributed by atoms with Crippen molar-refractivity contribution < 1.29 is 38.1 Å². The van der Waals surface area contributed by atoms with Gasteiger partial charge in [0.15, 0.2) is 0 Å². The zero-order valence-corrected chi connectivity index (χ0v) is 18.9. The summed E-state index contributed by atoms with van der Waals surface area (Å²) in [5.74, 6) is -1.60. The summed E-state index contributed by atoms with van der Waals surface area (Å²) in [4.78, 5) is 34.6. The molecule has 0 aliphatic carbocycles. The van der Waals surface area contributed by atoms with Crippen molar-refractivity contribution in [2.45, 2.75) is 50.2 Å². The van der Waals surface area contributed by atoms with Gasteiger partial charge < -0.3 is 0 Å². The van der Waals surface area contributed by atoms with E-state index in [1.807, 2.05) is 30.3 Å². The molecule has 30 heavy (non-hydrogen) atoms. The number of hydrogen-bond acceptors (Lipinski definition) is 8. The van der Waals surface area contributed by atoms with Gasteiger partial charge in [-0.15, -0.1) is 0 Å². The van der Waals surface area contributed by atoms with Crippen LogP contribution in [0, 0.1) is 0 Å². The Morgan fingerprint density at radius 1 is 1.03 bits per heavy atom. The summed E-state index contributed by atoms with van der Waals surface area (Å²) in [6.07, 6.45) is -1.85. The molecule has 0 saturated carbocycles. The molecule has 9 heteroatoms. The van der Waals surface area contributed by atoms with Crippen LogP contribution in [0.4, 0.5) is 0 Å². The Morgan fingerprint density at radius 3 is 2.23 bits per heavy atom. The summed E-state index contributed by atoms with van der Waals surface area (Å²) in [6, 6.07) is 9.65. The van der Waals surface area contributed by atoms with Gasteiger partial charge in [-0.3, -0.25) is 0 Å². The molecule has 1 aliphatic rings. The molecule has 0 unspecified atom stereocenters. The topological polar surface area (TPSA) is 97.4 Å². The molecule has 5 atom stereocenters. The molecule has 0 amide bonds. The fourth-order valence-corrected chi connectivity index (χ4v) is 5.52. The van der Waals surface area contributed by atoms with Crippen LogP contribution in [0.25, 0.3) is 0 Å². The van der Waals surface area contributed by atoms with E-state index in [1.165, 1.54) is 20.8 Å². The third-order valence-electron chi connectivity index (χ3n) is 4.04. The van der Waals surface area contributed by atoms with Gasteiger partial charge in [-0.05, 0) is 0 Å². The van der Waals surface area contributed by atoms with Crippen molar-refractivity contribution in [1.29, 1.82) is 0 Å². The molecule has 2 rings (SSSR count). The zero-order chi connectivity index (χ0) is 22.1. The monoisotopic (exact) mass is 486 g/mol. The van der Waals surface area contributed by atoms with Crippen LogP contribution in [-0.4, -0.2) is 70.7 Å². The summed E-state index contributed by atoms with van der Waals surface area (Å²) in [6.45, 7) is 7.49. The number of rotatable bonds is 9. The first kappa shape index (κ1) is 24.1. The van der Waals surface area contributed by atoms with Gasteiger partial charge in [-0.2, -0.15) is 0 Å². The summed E-state index contributed by atoms with van der Waals surface area (Å²) in [5, 5.41) is 0. The van der Waals surface area contributed by atoms with E-state index in [2.05, 4.69) is 6.58 Å². The first-order chi connectivity index (χ1) is 14.3. The molecule has 0 aromatic heterocycles. The summed E-state index contributed by atoms with van der Waals surface area (Å²) in [5.41, 5.74) is 0. The molecule has 164 valence electrons. The van der Waals surface area contributed by atoms with E-state index in [0.717, 1.165) is 4.46 Å². The van der Waals surface area contributed by atoms with Crippen LogP contribution in [-0.2, 0) is 38.1 Å². The zero-order valence-electron chi connectivity index (χ0n) is 17.1. The van der Waals surface area contributed by atoms with Crippen molar-refractivity contribution in [2.24, 2.45) is 0 Å². The maximum atomic E-state index is 11.9. The van der Waals surface area contributed by atoms with Crippen molar-refractivity contribution in [2.75, 3.05) is 13.2 Å². The third-order valence-corrected chi connectivity index (χ3v) is 6.78. The van der Waals surface area contributed by atoms with Crippen LogP contribution in [0.1, 0.15) is 20.8 Å². The predicted octanol–water partition coefficient (Wildman–Crippen LogP) is 1.16. The van der Waals surface area contributed by atoms with E-state index < -0.39 is 47.3 Å². The van der Waals surface area contributed by atoms with Crippen LogP contribution in [0.5, 0.6) is 0 Å². The molecule has 1 aromatic rings. The van der Waals surface area contributed by atoms with E-state index in [0.29, 0.717) is 0 Å². The Morgan fingerprint density at radius 2 is 1.67 bits per heavy atom. The van der Waals surface area contributed by atoms with Crippen molar-refractivity contribution in [3.63, 3.8) is 0 Å². The SMILES string of the molecule is C=CCO[C@H]1O[C@H](COC(C)=O)[C@@H](OC(C)=O)[C@H](OC(C)=O)[C@@H]1[Se]c1ccccc1.